The molecule has 2 N–H and O–H groups in total. The molecule has 1 rings (SSSR count). The van der Waals surface area contributed by atoms with Crippen molar-refractivity contribution < 1.29 is 14.4 Å². The van der Waals surface area contributed by atoms with Crippen LogP contribution in [0.3, 0.4) is 0 Å². The van der Waals surface area contributed by atoms with E-state index in [4.69, 9.17) is 0 Å². The highest BCUT2D eigenvalue weighted by Gasteiger charge is 2.21. The first-order valence-electron chi connectivity index (χ1n) is 6.91. The van der Waals surface area contributed by atoms with E-state index in [-0.39, 0.29) is 18.4 Å². The third-order valence-corrected chi connectivity index (χ3v) is 3.17. The third kappa shape index (κ3) is 6.33. The minimum atomic E-state index is -0.442. The third-order valence-electron chi connectivity index (χ3n) is 3.17. The van der Waals surface area contributed by atoms with Crippen molar-refractivity contribution in [1.82, 2.24) is 15.5 Å². The molecule has 19 heavy (non-hydrogen) atoms. The zero-order valence-electron chi connectivity index (χ0n) is 11.5. The van der Waals surface area contributed by atoms with Crippen LogP contribution in [0.25, 0.3) is 0 Å². The highest BCUT2D eigenvalue weighted by Crippen LogP contribution is 2.13. The van der Waals surface area contributed by atoms with Crippen LogP contribution in [0.4, 0.5) is 4.79 Å². The number of nitrogens with one attached hydrogen (secondary N) is 2. The maximum Gasteiger partial charge on any atom is 0.321 e. The predicted octanol–water partition coefficient (Wildman–Crippen LogP) is 0.523. The van der Waals surface area contributed by atoms with Crippen LogP contribution >= 0.6 is 0 Å². The number of nitrogens with zero attached hydrogens (tertiary/aromatic N) is 1. The normalized spacial score (nSPS) is 19.7. The van der Waals surface area contributed by atoms with E-state index >= 15 is 0 Å². The Kier molecular flexibility index (Phi) is 7.10. The Bertz CT molecular complexity index is 320. The average molecular weight is 269 g/mol. The van der Waals surface area contributed by atoms with Gasteiger partial charge in [0.25, 0.3) is 0 Å². The van der Waals surface area contributed by atoms with Crippen molar-refractivity contribution in [2.75, 3.05) is 26.2 Å². The number of hydrogen-bond donors (Lipinski definition) is 2. The fraction of sp³-hybridized carbons (Fsp3) is 0.769. The van der Waals surface area contributed by atoms with E-state index in [0.29, 0.717) is 13.1 Å². The number of urea groups is 1. The van der Waals surface area contributed by atoms with Gasteiger partial charge in [0.15, 0.2) is 0 Å². The Labute approximate surface area is 113 Å². The van der Waals surface area contributed by atoms with Gasteiger partial charge in [-0.25, -0.2) is 4.79 Å². The summed E-state index contributed by atoms with van der Waals surface area (Å²) in [6, 6.07) is -0.442. The molecule has 1 saturated heterocycles. The summed E-state index contributed by atoms with van der Waals surface area (Å²) in [5.74, 6) is -0.305. The van der Waals surface area contributed by atoms with Crippen LogP contribution in [0.2, 0.25) is 0 Å². The summed E-state index contributed by atoms with van der Waals surface area (Å²) in [5.41, 5.74) is 0. The summed E-state index contributed by atoms with van der Waals surface area (Å²) in [4.78, 5) is 35.7. The van der Waals surface area contributed by atoms with Crippen molar-refractivity contribution >= 4 is 18.2 Å². The summed E-state index contributed by atoms with van der Waals surface area (Å²) in [7, 11) is 0. The van der Waals surface area contributed by atoms with Crippen LogP contribution in [0.1, 0.15) is 32.6 Å². The molecular weight excluding hydrogens is 246 g/mol. The number of piperidine rings is 1. The Balaban J connectivity index is 2.22. The number of imide groups is 1. The van der Waals surface area contributed by atoms with Gasteiger partial charge in [0.1, 0.15) is 6.29 Å². The topological polar surface area (TPSA) is 78.5 Å². The van der Waals surface area contributed by atoms with Crippen molar-refractivity contribution in [3.05, 3.63) is 0 Å². The van der Waals surface area contributed by atoms with Gasteiger partial charge >= 0.3 is 6.03 Å². The number of carbonyl (C=O) groups is 3. The molecule has 6 nitrogen and oxygen atoms in total. The molecule has 1 atom stereocenters. The first kappa shape index (κ1) is 15.6. The molecule has 0 aromatic carbocycles. The molecule has 0 aliphatic carbocycles. The lowest BCUT2D eigenvalue weighted by molar-refractivity contribution is -0.122. The monoisotopic (exact) mass is 269 g/mol. The SMILES string of the molecule is CCCCNC(=O)NC(=O)CN1CCCC(C=O)C1. The molecule has 0 spiro atoms. The molecule has 0 aromatic rings. The van der Waals surface area contributed by atoms with Gasteiger partial charge in [0.2, 0.25) is 5.91 Å². The Morgan fingerprint density at radius 2 is 2.21 bits per heavy atom. The van der Waals surface area contributed by atoms with E-state index in [1.165, 1.54) is 0 Å². The zero-order valence-corrected chi connectivity index (χ0v) is 11.5. The molecule has 0 saturated carbocycles. The van der Waals surface area contributed by atoms with Gasteiger partial charge in [-0.2, -0.15) is 0 Å². The van der Waals surface area contributed by atoms with Crippen LogP contribution < -0.4 is 10.6 Å². The number of hydrogen-bond acceptors (Lipinski definition) is 4. The van der Waals surface area contributed by atoms with Crippen LogP contribution in [-0.2, 0) is 9.59 Å². The second-order valence-electron chi connectivity index (χ2n) is 4.93. The van der Waals surface area contributed by atoms with Crippen molar-refractivity contribution in [3.8, 4) is 0 Å². The van der Waals surface area contributed by atoms with E-state index in [2.05, 4.69) is 10.6 Å². The second kappa shape index (κ2) is 8.63. The largest absolute Gasteiger partial charge is 0.338 e. The van der Waals surface area contributed by atoms with Gasteiger partial charge in [-0.05, 0) is 25.8 Å². The molecule has 0 radical (unpaired) electrons. The van der Waals surface area contributed by atoms with E-state index < -0.39 is 6.03 Å². The molecular formula is C13H23N3O3. The predicted molar refractivity (Wildman–Crippen MR) is 71.7 cm³/mol. The van der Waals surface area contributed by atoms with Crippen LogP contribution in [0.15, 0.2) is 0 Å². The number of unbranched alkanes of at least 4 members (excludes halogenated alkanes) is 1. The first-order valence-corrected chi connectivity index (χ1v) is 6.91. The fourth-order valence-electron chi connectivity index (χ4n) is 2.14. The van der Waals surface area contributed by atoms with E-state index in [9.17, 15) is 14.4 Å². The van der Waals surface area contributed by atoms with Gasteiger partial charge in [-0.15, -0.1) is 0 Å². The standard InChI is InChI=1S/C13H23N3O3/c1-2-3-6-14-13(19)15-12(18)9-16-7-4-5-11(8-16)10-17/h10-11H,2-9H2,1H3,(H2,14,15,18,19). The number of aldehydes is 1. The molecule has 108 valence electrons. The maximum absolute atomic E-state index is 11.6. The Hall–Kier alpha value is -1.43. The van der Waals surface area contributed by atoms with Gasteiger partial charge in [-0.1, -0.05) is 13.3 Å². The molecule has 3 amide bonds. The second-order valence-corrected chi connectivity index (χ2v) is 4.93. The van der Waals surface area contributed by atoms with Gasteiger partial charge in [0, 0.05) is 19.0 Å². The number of likely N-dealkylation sites (tertiary alicyclic amines) is 1. The van der Waals surface area contributed by atoms with E-state index in [1.54, 1.807) is 0 Å². The quantitative estimate of drug-likeness (QED) is 0.544. The van der Waals surface area contributed by atoms with Crippen LogP contribution in [0.5, 0.6) is 0 Å². The van der Waals surface area contributed by atoms with Gasteiger partial charge in [0.05, 0.1) is 6.54 Å². The minimum absolute atomic E-state index is 0.0138. The number of amides is 3. The molecule has 1 aliphatic rings. The minimum Gasteiger partial charge on any atom is -0.338 e. The van der Waals surface area contributed by atoms with E-state index in [1.807, 2.05) is 11.8 Å². The van der Waals surface area contributed by atoms with Crippen LogP contribution in [0, 0.1) is 5.92 Å². The highest BCUT2D eigenvalue weighted by atomic mass is 16.2. The van der Waals surface area contributed by atoms with Gasteiger partial charge in [-0.3, -0.25) is 15.0 Å². The summed E-state index contributed by atoms with van der Waals surface area (Å²) >= 11 is 0. The van der Waals surface area contributed by atoms with E-state index in [0.717, 1.165) is 38.5 Å². The molecule has 1 fully saturated rings. The number of rotatable bonds is 6. The van der Waals surface area contributed by atoms with Crippen molar-refractivity contribution in [2.45, 2.75) is 32.6 Å². The molecule has 1 unspecified atom stereocenters. The average Bonchev–Trinajstić information content (AvgIpc) is 2.39. The Morgan fingerprint density at radius 3 is 2.89 bits per heavy atom. The summed E-state index contributed by atoms with van der Waals surface area (Å²) < 4.78 is 0. The van der Waals surface area contributed by atoms with Crippen molar-refractivity contribution in [3.63, 3.8) is 0 Å². The zero-order chi connectivity index (χ0) is 14.1. The fourth-order valence-corrected chi connectivity index (χ4v) is 2.14. The van der Waals surface area contributed by atoms with Crippen molar-refractivity contribution in [1.29, 1.82) is 0 Å². The maximum atomic E-state index is 11.6. The van der Waals surface area contributed by atoms with Crippen molar-refractivity contribution in [2.24, 2.45) is 5.92 Å². The molecule has 0 bridgehead atoms. The molecule has 1 aliphatic heterocycles. The molecule has 0 aromatic heterocycles. The smallest absolute Gasteiger partial charge is 0.321 e. The van der Waals surface area contributed by atoms with Gasteiger partial charge < -0.3 is 10.1 Å². The van der Waals surface area contributed by atoms with Crippen LogP contribution in [-0.4, -0.2) is 49.3 Å². The Morgan fingerprint density at radius 1 is 1.42 bits per heavy atom. The lowest BCUT2D eigenvalue weighted by Gasteiger charge is -2.29. The first-order chi connectivity index (χ1) is 9.15. The summed E-state index contributed by atoms with van der Waals surface area (Å²) in [5, 5.41) is 4.93. The summed E-state index contributed by atoms with van der Waals surface area (Å²) in [6.45, 7) is 4.19. The molecule has 6 heteroatoms. The molecule has 1 heterocycles. The number of carbonyl (C=O) groups excluding carboxylic acids is 3. The lowest BCUT2D eigenvalue weighted by Crippen LogP contribution is -2.47. The summed E-state index contributed by atoms with van der Waals surface area (Å²) in [6.07, 6.45) is 4.64. The lowest BCUT2D eigenvalue weighted by atomic mass is 10.00. The highest BCUT2D eigenvalue weighted by molar-refractivity contribution is 5.95.